The Morgan fingerprint density at radius 1 is 1.42 bits per heavy atom. The molecule has 106 valence electrons. The molecule has 1 aromatic rings. The third kappa shape index (κ3) is 4.31. The van der Waals surface area contributed by atoms with Crippen molar-refractivity contribution >= 4 is 39.1 Å². The topological polar surface area (TPSA) is 66.4 Å². The third-order valence-corrected chi connectivity index (χ3v) is 5.00. The molecular formula is C13H18BrNO3S. The van der Waals surface area contributed by atoms with E-state index in [0.717, 1.165) is 8.66 Å². The highest BCUT2D eigenvalue weighted by Gasteiger charge is 2.28. The van der Waals surface area contributed by atoms with E-state index in [1.54, 1.807) is 6.92 Å². The van der Waals surface area contributed by atoms with Crippen LogP contribution in [0.3, 0.4) is 0 Å². The van der Waals surface area contributed by atoms with Gasteiger partial charge in [0.1, 0.15) is 6.04 Å². The van der Waals surface area contributed by atoms with Crippen molar-refractivity contribution in [2.24, 2.45) is 5.92 Å². The molecule has 1 unspecified atom stereocenters. The van der Waals surface area contributed by atoms with Crippen molar-refractivity contribution in [2.75, 3.05) is 0 Å². The van der Waals surface area contributed by atoms with Crippen LogP contribution in [0.1, 0.15) is 38.0 Å². The molecule has 0 fully saturated rings. The average molecular weight is 348 g/mol. The van der Waals surface area contributed by atoms with Gasteiger partial charge in [-0.05, 0) is 40.9 Å². The largest absolute Gasteiger partial charge is 0.480 e. The summed E-state index contributed by atoms with van der Waals surface area (Å²) in [6, 6.07) is 2.92. The molecule has 2 N–H and O–H groups in total. The summed E-state index contributed by atoms with van der Waals surface area (Å²) in [6.45, 7) is 5.52. The van der Waals surface area contributed by atoms with E-state index < -0.39 is 12.0 Å². The summed E-state index contributed by atoms with van der Waals surface area (Å²) in [7, 11) is 0. The normalized spacial score (nSPS) is 15.6. The SMILES string of the molecule is CC[C@H](C)[C@H](NC(=O)C(C)c1ccc(Br)s1)C(=O)O. The number of aliphatic carboxylic acids is 1. The highest BCUT2D eigenvalue weighted by molar-refractivity contribution is 9.11. The summed E-state index contributed by atoms with van der Waals surface area (Å²) in [4.78, 5) is 24.2. The zero-order valence-corrected chi connectivity index (χ0v) is 13.5. The number of halogens is 1. The Hall–Kier alpha value is -0.880. The number of hydrogen-bond donors (Lipinski definition) is 2. The number of amides is 1. The van der Waals surface area contributed by atoms with Crippen molar-refractivity contribution in [1.82, 2.24) is 5.32 Å². The van der Waals surface area contributed by atoms with E-state index in [-0.39, 0.29) is 17.7 Å². The van der Waals surface area contributed by atoms with Crippen LogP contribution < -0.4 is 5.32 Å². The molecule has 19 heavy (non-hydrogen) atoms. The number of carbonyl (C=O) groups excluding carboxylic acids is 1. The Bertz CT molecular complexity index is 460. The zero-order valence-electron chi connectivity index (χ0n) is 11.1. The fourth-order valence-corrected chi connectivity index (χ4v) is 3.13. The first-order valence-electron chi connectivity index (χ1n) is 6.15. The van der Waals surface area contributed by atoms with Gasteiger partial charge >= 0.3 is 5.97 Å². The number of carboxylic acids is 1. The number of nitrogens with one attached hydrogen (secondary N) is 1. The highest BCUT2D eigenvalue weighted by Crippen LogP contribution is 2.28. The second-order valence-electron chi connectivity index (χ2n) is 4.57. The summed E-state index contributed by atoms with van der Waals surface area (Å²) in [5.41, 5.74) is 0. The predicted octanol–water partition coefficient (Wildman–Crippen LogP) is 3.23. The van der Waals surface area contributed by atoms with Crippen molar-refractivity contribution in [3.63, 3.8) is 0 Å². The monoisotopic (exact) mass is 347 g/mol. The first kappa shape index (κ1) is 16.2. The summed E-state index contributed by atoms with van der Waals surface area (Å²) >= 11 is 4.83. The van der Waals surface area contributed by atoms with E-state index in [1.165, 1.54) is 11.3 Å². The molecule has 0 aliphatic heterocycles. The van der Waals surface area contributed by atoms with Crippen LogP contribution in [0.4, 0.5) is 0 Å². The van der Waals surface area contributed by atoms with Crippen molar-refractivity contribution < 1.29 is 14.7 Å². The van der Waals surface area contributed by atoms with Crippen LogP contribution in [0.2, 0.25) is 0 Å². The lowest BCUT2D eigenvalue weighted by Crippen LogP contribution is -2.46. The Labute approximate surface area is 125 Å². The molecule has 0 saturated heterocycles. The van der Waals surface area contributed by atoms with E-state index in [2.05, 4.69) is 21.2 Å². The molecule has 0 saturated carbocycles. The number of rotatable bonds is 6. The van der Waals surface area contributed by atoms with E-state index >= 15 is 0 Å². The van der Waals surface area contributed by atoms with E-state index in [0.29, 0.717) is 6.42 Å². The third-order valence-electron chi connectivity index (χ3n) is 3.19. The molecule has 0 spiro atoms. The lowest BCUT2D eigenvalue weighted by atomic mass is 9.98. The molecule has 0 aromatic carbocycles. The summed E-state index contributed by atoms with van der Waals surface area (Å²) in [5, 5.41) is 11.8. The minimum absolute atomic E-state index is 0.0938. The quantitative estimate of drug-likeness (QED) is 0.830. The average Bonchev–Trinajstić information content (AvgIpc) is 2.80. The molecule has 1 rings (SSSR count). The minimum atomic E-state index is -0.984. The maximum Gasteiger partial charge on any atom is 0.326 e. The smallest absolute Gasteiger partial charge is 0.326 e. The molecule has 0 radical (unpaired) electrons. The van der Waals surface area contributed by atoms with Gasteiger partial charge in [0.2, 0.25) is 5.91 Å². The molecular weight excluding hydrogens is 330 g/mol. The highest BCUT2D eigenvalue weighted by atomic mass is 79.9. The van der Waals surface area contributed by atoms with Gasteiger partial charge in [-0.25, -0.2) is 4.79 Å². The van der Waals surface area contributed by atoms with Gasteiger partial charge in [-0.1, -0.05) is 20.3 Å². The van der Waals surface area contributed by atoms with Crippen molar-refractivity contribution in [3.05, 3.63) is 20.8 Å². The van der Waals surface area contributed by atoms with Gasteiger partial charge in [-0.3, -0.25) is 4.79 Å². The van der Waals surface area contributed by atoms with Crippen LogP contribution in [-0.2, 0) is 9.59 Å². The van der Waals surface area contributed by atoms with Crippen LogP contribution in [0, 0.1) is 5.92 Å². The Balaban J connectivity index is 2.74. The number of thiophene rings is 1. The molecule has 0 aliphatic carbocycles. The van der Waals surface area contributed by atoms with Gasteiger partial charge in [0.15, 0.2) is 0 Å². The number of carbonyl (C=O) groups is 2. The number of carboxylic acid groups (broad SMARTS) is 1. The van der Waals surface area contributed by atoms with Crippen LogP contribution in [-0.4, -0.2) is 23.0 Å². The Morgan fingerprint density at radius 3 is 2.47 bits per heavy atom. The zero-order chi connectivity index (χ0) is 14.6. The van der Waals surface area contributed by atoms with Crippen molar-refractivity contribution in [3.8, 4) is 0 Å². The van der Waals surface area contributed by atoms with E-state index in [1.807, 2.05) is 26.0 Å². The number of hydrogen-bond acceptors (Lipinski definition) is 3. The maximum atomic E-state index is 12.1. The van der Waals surface area contributed by atoms with Crippen LogP contribution in [0.5, 0.6) is 0 Å². The van der Waals surface area contributed by atoms with Crippen LogP contribution in [0.15, 0.2) is 15.9 Å². The standard InChI is InChI=1S/C13H18BrNO3S/c1-4-7(2)11(13(17)18)15-12(16)8(3)9-5-6-10(14)19-9/h5-8,11H,4H2,1-3H3,(H,15,16)(H,17,18)/t7-,8?,11-/m0/s1. The van der Waals surface area contributed by atoms with Gasteiger partial charge in [0.05, 0.1) is 9.70 Å². The molecule has 0 aliphatic rings. The minimum Gasteiger partial charge on any atom is -0.480 e. The van der Waals surface area contributed by atoms with Gasteiger partial charge in [-0.15, -0.1) is 11.3 Å². The van der Waals surface area contributed by atoms with E-state index in [9.17, 15) is 9.59 Å². The second kappa shape index (κ2) is 7.05. The summed E-state index contributed by atoms with van der Waals surface area (Å²) in [5.74, 6) is -1.67. The molecule has 1 amide bonds. The van der Waals surface area contributed by atoms with Gasteiger partial charge < -0.3 is 10.4 Å². The van der Waals surface area contributed by atoms with Gasteiger partial charge in [0.25, 0.3) is 0 Å². The second-order valence-corrected chi connectivity index (χ2v) is 7.07. The molecule has 3 atom stereocenters. The molecule has 6 heteroatoms. The van der Waals surface area contributed by atoms with Crippen molar-refractivity contribution in [2.45, 2.75) is 39.2 Å². The fraction of sp³-hybridized carbons (Fsp3) is 0.538. The maximum absolute atomic E-state index is 12.1. The lowest BCUT2D eigenvalue weighted by molar-refractivity contribution is -0.143. The lowest BCUT2D eigenvalue weighted by Gasteiger charge is -2.21. The fourth-order valence-electron chi connectivity index (χ4n) is 1.65. The molecule has 1 aromatic heterocycles. The first-order valence-corrected chi connectivity index (χ1v) is 7.76. The molecule has 0 bridgehead atoms. The van der Waals surface area contributed by atoms with Gasteiger partial charge in [-0.2, -0.15) is 0 Å². The predicted molar refractivity (Wildman–Crippen MR) is 79.5 cm³/mol. The van der Waals surface area contributed by atoms with Gasteiger partial charge in [0, 0.05) is 4.88 Å². The Morgan fingerprint density at radius 2 is 2.05 bits per heavy atom. The molecule has 1 heterocycles. The Kier molecular flexibility index (Phi) is 6.00. The van der Waals surface area contributed by atoms with E-state index in [4.69, 9.17) is 5.11 Å². The van der Waals surface area contributed by atoms with Crippen LogP contribution >= 0.6 is 27.3 Å². The summed E-state index contributed by atoms with van der Waals surface area (Å²) in [6.07, 6.45) is 0.705. The van der Waals surface area contributed by atoms with Crippen LogP contribution in [0.25, 0.3) is 0 Å². The summed E-state index contributed by atoms with van der Waals surface area (Å²) < 4.78 is 0.957. The van der Waals surface area contributed by atoms with Crippen molar-refractivity contribution in [1.29, 1.82) is 0 Å². The first-order chi connectivity index (χ1) is 8.86. The molecule has 4 nitrogen and oxygen atoms in total.